The number of rotatable bonds is 55. The summed E-state index contributed by atoms with van der Waals surface area (Å²) in [5.41, 5.74) is 0. The van der Waals surface area contributed by atoms with Gasteiger partial charge in [0, 0.05) is 19.3 Å². The highest BCUT2D eigenvalue weighted by Gasteiger charge is 2.19. The van der Waals surface area contributed by atoms with Gasteiger partial charge in [0.15, 0.2) is 6.10 Å². The number of ether oxygens (including phenoxy) is 3. The lowest BCUT2D eigenvalue weighted by atomic mass is 10.0. The van der Waals surface area contributed by atoms with Crippen molar-refractivity contribution in [2.45, 2.75) is 316 Å². The molecule has 0 N–H and O–H groups in total. The van der Waals surface area contributed by atoms with Gasteiger partial charge in [-0.1, -0.05) is 268 Å². The van der Waals surface area contributed by atoms with Crippen LogP contribution in [-0.2, 0) is 28.6 Å². The molecule has 0 saturated carbocycles. The van der Waals surface area contributed by atoms with Crippen LogP contribution < -0.4 is 0 Å². The highest BCUT2D eigenvalue weighted by molar-refractivity contribution is 5.71. The topological polar surface area (TPSA) is 78.9 Å². The first-order chi connectivity index (χ1) is 34.5. The Bertz CT molecular complexity index is 1260. The normalized spacial score (nSPS) is 12.4. The van der Waals surface area contributed by atoms with Crippen LogP contribution in [0.2, 0.25) is 0 Å². The van der Waals surface area contributed by atoms with Crippen molar-refractivity contribution in [2.24, 2.45) is 0 Å². The fourth-order valence-corrected chi connectivity index (χ4v) is 8.64. The minimum Gasteiger partial charge on any atom is -0.462 e. The number of hydrogen-bond donors (Lipinski definition) is 0. The predicted molar refractivity (Wildman–Crippen MR) is 302 cm³/mol. The van der Waals surface area contributed by atoms with Gasteiger partial charge in [-0.15, -0.1) is 0 Å². The Labute approximate surface area is 434 Å². The van der Waals surface area contributed by atoms with Crippen molar-refractivity contribution in [1.82, 2.24) is 0 Å². The van der Waals surface area contributed by atoms with E-state index < -0.39 is 6.10 Å². The molecule has 0 spiro atoms. The Morgan fingerprint density at radius 2 is 0.529 bits per heavy atom. The maximum atomic E-state index is 12.8. The fourth-order valence-electron chi connectivity index (χ4n) is 8.64. The molecule has 0 aliphatic heterocycles. The second-order valence-electron chi connectivity index (χ2n) is 20.3. The van der Waals surface area contributed by atoms with E-state index in [0.29, 0.717) is 19.3 Å². The Morgan fingerprint density at radius 3 is 0.843 bits per heavy atom. The standard InChI is InChI=1S/C64H114O6/c1-4-7-10-13-16-19-21-23-25-26-27-28-29-30-31-32-33-34-35-36-37-38-39-41-42-45-48-51-54-57-63(66)69-60-61(59-68-62(65)56-53-50-47-44-18-15-12-9-6-3)70-64(67)58-55-52-49-46-43-40-24-22-20-17-14-11-8-5-2/h14,17,21-24,26-27,29-30,61H,4-13,15-16,18-20,25,28,31-60H2,1-3H3/b17-14-,23-21-,24-22-,27-26-,30-29-. The maximum absolute atomic E-state index is 12.8. The number of unbranched alkanes of at least 4 members (excludes halogenated alkanes) is 34. The van der Waals surface area contributed by atoms with E-state index in [-0.39, 0.29) is 31.1 Å². The second-order valence-corrected chi connectivity index (χ2v) is 20.3. The molecule has 406 valence electrons. The Morgan fingerprint density at radius 1 is 0.286 bits per heavy atom. The Kier molecular flexibility index (Phi) is 56.3. The molecule has 1 atom stereocenters. The van der Waals surface area contributed by atoms with E-state index in [1.54, 1.807) is 0 Å². The van der Waals surface area contributed by atoms with Gasteiger partial charge in [0.1, 0.15) is 13.2 Å². The quantitative estimate of drug-likeness (QED) is 0.0261. The molecule has 6 heteroatoms. The third kappa shape index (κ3) is 56.0. The molecule has 0 heterocycles. The highest BCUT2D eigenvalue weighted by Crippen LogP contribution is 2.16. The molecule has 0 aliphatic rings. The van der Waals surface area contributed by atoms with Crippen LogP contribution in [0, 0.1) is 0 Å². The van der Waals surface area contributed by atoms with Gasteiger partial charge in [0.05, 0.1) is 0 Å². The molecule has 0 aliphatic carbocycles. The molecule has 0 radical (unpaired) electrons. The molecule has 70 heavy (non-hydrogen) atoms. The molecular weight excluding hydrogens is 865 g/mol. The average molecular weight is 980 g/mol. The summed E-state index contributed by atoms with van der Waals surface area (Å²) in [7, 11) is 0. The van der Waals surface area contributed by atoms with Gasteiger partial charge < -0.3 is 14.2 Å². The van der Waals surface area contributed by atoms with Crippen LogP contribution in [0.3, 0.4) is 0 Å². The van der Waals surface area contributed by atoms with Crippen molar-refractivity contribution < 1.29 is 28.6 Å². The van der Waals surface area contributed by atoms with Gasteiger partial charge in [-0.05, 0) is 83.5 Å². The van der Waals surface area contributed by atoms with Gasteiger partial charge in [-0.3, -0.25) is 14.4 Å². The smallest absolute Gasteiger partial charge is 0.306 e. The molecule has 0 rings (SSSR count). The summed E-state index contributed by atoms with van der Waals surface area (Å²) in [6.07, 6.45) is 73.8. The summed E-state index contributed by atoms with van der Waals surface area (Å²) in [5, 5.41) is 0. The van der Waals surface area contributed by atoms with Gasteiger partial charge in [0.2, 0.25) is 0 Å². The lowest BCUT2D eigenvalue weighted by molar-refractivity contribution is -0.167. The second kappa shape index (κ2) is 58.7. The lowest BCUT2D eigenvalue weighted by Crippen LogP contribution is -2.30. The number of hydrogen-bond acceptors (Lipinski definition) is 6. The Hall–Kier alpha value is -2.89. The van der Waals surface area contributed by atoms with Gasteiger partial charge >= 0.3 is 17.9 Å². The van der Waals surface area contributed by atoms with E-state index in [4.69, 9.17) is 14.2 Å². The molecule has 0 aromatic carbocycles. The van der Waals surface area contributed by atoms with E-state index in [2.05, 4.69) is 81.5 Å². The van der Waals surface area contributed by atoms with Crippen LogP contribution in [0.25, 0.3) is 0 Å². The first-order valence-corrected chi connectivity index (χ1v) is 30.3. The third-order valence-electron chi connectivity index (χ3n) is 13.2. The van der Waals surface area contributed by atoms with E-state index >= 15 is 0 Å². The largest absolute Gasteiger partial charge is 0.462 e. The Balaban J connectivity index is 4.12. The zero-order valence-electron chi connectivity index (χ0n) is 46.5. The molecule has 0 aromatic heterocycles. The van der Waals surface area contributed by atoms with E-state index in [1.165, 1.54) is 173 Å². The summed E-state index contributed by atoms with van der Waals surface area (Å²) in [6.45, 7) is 6.58. The molecule has 0 amide bonds. The number of allylic oxidation sites excluding steroid dienone is 10. The van der Waals surface area contributed by atoms with Gasteiger partial charge in [0.25, 0.3) is 0 Å². The number of esters is 3. The lowest BCUT2D eigenvalue weighted by Gasteiger charge is -2.18. The van der Waals surface area contributed by atoms with Crippen molar-refractivity contribution in [1.29, 1.82) is 0 Å². The molecule has 0 fully saturated rings. The van der Waals surface area contributed by atoms with E-state index in [1.807, 2.05) is 0 Å². The van der Waals surface area contributed by atoms with Crippen LogP contribution >= 0.6 is 0 Å². The van der Waals surface area contributed by atoms with Crippen molar-refractivity contribution in [3.63, 3.8) is 0 Å². The molecule has 1 unspecified atom stereocenters. The van der Waals surface area contributed by atoms with Crippen LogP contribution in [-0.4, -0.2) is 37.2 Å². The van der Waals surface area contributed by atoms with Crippen molar-refractivity contribution >= 4 is 17.9 Å². The number of carbonyl (C=O) groups is 3. The summed E-state index contributed by atoms with van der Waals surface area (Å²) >= 11 is 0. The zero-order chi connectivity index (χ0) is 50.7. The van der Waals surface area contributed by atoms with Gasteiger partial charge in [-0.25, -0.2) is 0 Å². The van der Waals surface area contributed by atoms with E-state index in [0.717, 1.165) is 96.3 Å². The summed E-state index contributed by atoms with van der Waals surface area (Å²) in [5.74, 6) is -0.884. The SMILES string of the molecule is CCCC/C=C\C/C=C\CCCCCCCC(=O)OC(COC(=O)CCCCCCCCCCC)COC(=O)CCCCCCCCCCCCCCCC/C=C\C/C=C\C/C=C\CCCCCCC. The van der Waals surface area contributed by atoms with Crippen molar-refractivity contribution in [2.75, 3.05) is 13.2 Å². The van der Waals surface area contributed by atoms with Crippen LogP contribution in [0.4, 0.5) is 0 Å². The minimum absolute atomic E-state index is 0.0772. The zero-order valence-corrected chi connectivity index (χ0v) is 46.5. The van der Waals surface area contributed by atoms with Crippen LogP contribution in [0.1, 0.15) is 310 Å². The monoisotopic (exact) mass is 979 g/mol. The summed E-state index contributed by atoms with van der Waals surface area (Å²) in [6, 6.07) is 0. The summed E-state index contributed by atoms with van der Waals surface area (Å²) in [4.78, 5) is 38.0. The predicted octanol–water partition coefficient (Wildman–Crippen LogP) is 20.4. The van der Waals surface area contributed by atoms with Crippen molar-refractivity contribution in [3.05, 3.63) is 60.8 Å². The molecule has 0 aromatic rings. The van der Waals surface area contributed by atoms with Crippen molar-refractivity contribution in [3.8, 4) is 0 Å². The van der Waals surface area contributed by atoms with Crippen LogP contribution in [0.5, 0.6) is 0 Å². The molecule has 6 nitrogen and oxygen atoms in total. The van der Waals surface area contributed by atoms with Crippen LogP contribution in [0.15, 0.2) is 60.8 Å². The van der Waals surface area contributed by atoms with E-state index in [9.17, 15) is 14.4 Å². The van der Waals surface area contributed by atoms with Gasteiger partial charge in [-0.2, -0.15) is 0 Å². The fraction of sp³-hybridized carbons (Fsp3) is 0.797. The number of carbonyl (C=O) groups excluding carboxylic acids is 3. The highest BCUT2D eigenvalue weighted by atomic mass is 16.6. The summed E-state index contributed by atoms with van der Waals surface area (Å²) < 4.78 is 16.8. The third-order valence-corrected chi connectivity index (χ3v) is 13.2. The first kappa shape index (κ1) is 67.1. The molecule has 0 bridgehead atoms. The molecular formula is C64H114O6. The minimum atomic E-state index is -0.778. The average Bonchev–Trinajstić information content (AvgIpc) is 3.36. The molecule has 0 saturated heterocycles. The maximum Gasteiger partial charge on any atom is 0.306 e. The first-order valence-electron chi connectivity index (χ1n) is 30.3.